The van der Waals surface area contributed by atoms with Crippen LogP contribution in [-0.4, -0.2) is 87.5 Å². The first-order chi connectivity index (χ1) is 27.3. The van der Waals surface area contributed by atoms with E-state index < -0.39 is 49.5 Å². The number of unbranched alkanes of at least 4 members (excludes halogenated alkanes) is 12. The second-order valence-corrected chi connectivity index (χ2v) is 14.8. The summed E-state index contributed by atoms with van der Waals surface area (Å²) in [6.45, 7) is 3.59. The number of carbonyl (C=O) groups is 1. The van der Waals surface area contributed by atoms with Gasteiger partial charge in [0.2, 0.25) is 5.91 Å². The number of hydrogen-bond donors (Lipinski definition) is 6. The second kappa shape index (κ2) is 36.7. The average Bonchev–Trinajstić information content (AvgIpc) is 3.20. The molecule has 1 aliphatic heterocycles. The lowest BCUT2D eigenvalue weighted by atomic mass is 9.99. The summed E-state index contributed by atoms with van der Waals surface area (Å²) < 4.78 is 11.2. The maximum atomic E-state index is 12.9. The van der Waals surface area contributed by atoms with Crippen molar-refractivity contribution in [1.29, 1.82) is 0 Å². The first kappa shape index (κ1) is 51.4. The van der Waals surface area contributed by atoms with Crippen LogP contribution >= 0.6 is 0 Å². The van der Waals surface area contributed by atoms with Crippen LogP contribution in [0.5, 0.6) is 0 Å². The third-order valence-electron chi connectivity index (χ3n) is 9.73. The van der Waals surface area contributed by atoms with E-state index in [1.54, 1.807) is 6.08 Å². The summed E-state index contributed by atoms with van der Waals surface area (Å²) >= 11 is 0. The molecule has 6 N–H and O–H groups in total. The minimum atomic E-state index is -1.58. The Kier molecular flexibility index (Phi) is 33.7. The minimum absolute atomic E-state index is 0.212. The molecule has 0 saturated carbocycles. The van der Waals surface area contributed by atoms with Crippen molar-refractivity contribution in [2.45, 2.75) is 192 Å². The van der Waals surface area contributed by atoms with Gasteiger partial charge in [0.1, 0.15) is 24.4 Å². The van der Waals surface area contributed by atoms with Crippen molar-refractivity contribution in [2.75, 3.05) is 13.2 Å². The Morgan fingerprint density at radius 1 is 0.625 bits per heavy atom. The van der Waals surface area contributed by atoms with Crippen LogP contribution in [0.2, 0.25) is 0 Å². The SMILES string of the molecule is CC/C=C\C/C=C\C/C=C\C/C=C\C/C=C\C/C=C\CCCCC(=O)NC(COC1OC(CO)C(O)C(O)C1O)C(O)/C=C/CCCCCCCCCCCC. The molecule has 56 heavy (non-hydrogen) atoms. The molecule has 1 rings (SSSR count). The van der Waals surface area contributed by atoms with Gasteiger partial charge in [-0.05, 0) is 70.6 Å². The monoisotopic (exact) mass is 786 g/mol. The first-order valence-corrected chi connectivity index (χ1v) is 21.8. The summed E-state index contributed by atoms with van der Waals surface area (Å²) in [4.78, 5) is 12.9. The zero-order valence-corrected chi connectivity index (χ0v) is 34.8. The fraction of sp³-hybridized carbons (Fsp3) is 0.681. The van der Waals surface area contributed by atoms with Gasteiger partial charge in [-0.2, -0.15) is 0 Å². The zero-order valence-electron chi connectivity index (χ0n) is 34.8. The van der Waals surface area contributed by atoms with Crippen LogP contribution < -0.4 is 5.32 Å². The predicted octanol–water partition coefficient (Wildman–Crippen LogP) is 8.77. The number of nitrogens with one attached hydrogen (secondary N) is 1. The van der Waals surface area contributed by atoms with Crippen molar-refractivity contribution in [3.8, 4) is 0 Å². The molecule has 7 unspecified atom stereocenters. The van der Waals surface area contributed by atoms with Gasteiger partial charge in [-0.25, -0.2) is 0 Å². The highest BCUT2D eigenvalue weighted by atomic mass is 16.7. The molecule has 1 saturated heterocycles. The van der Waals surface area contributed by atoms with Gasteiger partial charge in [-0.3, -0.25) is 4.79 Å². The molecule has 1 heterocycles. The Morgan fingerprint density at radius 3 is 1.64 bits per heavy atom. The van der Waals surface area contributed by atoms with Crippen LogP contribution in [0.4, 0.5) is 0 Å². The van der Waals surface area contributed by atoms with Crippen LogP contribution in [0.1, 0.15) is 149 Å². The van der Waals surface area contributed by atoms with E-state index in [-0.39, 0.29) is 18.9 Å². The molecule has 0 aromatic heterocycles. The van der Waals surface area contributed by atoms with Crippen molar-refractivity contribution in [3.63, 3.8) is 0 Å². The van der Waals surface area contributed by atoms with E-state index in [1.165, 1.54) is 51.4 Å². The van der Waals surface area contributed by atoms with E-state index in [2.05, 4.69) is 92.1 Å². The van der Waals surface area contributed by atoms with E-state index in [0.717, 1.165) is 70.6 Å². The predicted molar refractivity (Wildman–Crippen MR) is 230 cm³/mol. The molecule has 7 atom stereocenters. The third-order valence-corrected chi connectivity index (χ3v) is 9.73. The summed E-state index contributed by atoms with van der Waals surface area (Å²) in [7, 11) is 0. The Morgan fingerprint density at radius 2 is 1.11 bits per heavy atom. The molecule has 0 radical (unpaired) electrons. The maximum Gasteiger partial charge on any atom is 0.220 e. The lowest BCUT2D eigenvalue weighted by Crippen LogP contribution is -2.60. The topological polar surface area (TPSA) is 149 Å². The third kappa shape index (κ3) is 27.1. The molecule has 0 spiro atoms. The van der Waals surface area contributed by atoms with Gasteiger partial charge in [0, 0.05) is 6.42 Å². The highest BCUT2D eigenvalue weighted by Gasteiger charge is 2.44. The molecule has 9 nitrogen and oxygen atoms in total. The van der Waals surface area contributed by atoms with Crippen LogP contribution in [0.15, 0.2) is 85.1 Å². The number of aliphatic hydroxyl groups excluding tert-OH is 5. The summed E-state index contributed by atoms with van der Waals surface area (Å²) in [6, 6.07) is -0.831. The van der Waals surface area contributed by atoms with Crippen LogP contribution in [0.3, 0.4) is 0 Å². The Balaban J connectivity index is 2.42. The van der Waals surface area contributed by atoms with Gasteiger partial charge in [-0.15, -0.1) is 0 Å². The molecule has 0 aromatic carbocycles. The normalized spacial score (nSPS) is 22.0. The molecule has 9 heteroatoms. The van der Waals surface area contributed by atoms with Crippen molar-refractivity contribution in [3.05, 3.63) is 85.1 Å². The van der Waals surface area contributed by atoms with Crippen molar-refractivity contribution >= 4 is 5.91 Å². The maximum absolute atomic E-state index is 12.9. The smallest absolute Gasteiger partial charge is 0.220 e. The minimum Gasteiger partial charge on any atom is -0.394 e. The molecule has 0 aromatic rings. The van der Waals surface area contributed by atoms with Gasteiger partial charge in [0.05, 0.1) is 25.4 Å². The lowest BCUT2D eigenvalue weighted by molar-refractivity contribution is -0.302. The standard InChI is InChI=1S/C47H79NO8/c1-3-5-7-9-11-13-15-17-18-19-20-21-22-23-24-25-27-29-31-33-35-37-43(51)48-40(39-55-47-46(54)45(53)44(52)42(38-49)56-47)41(50)36-34-32-30-28-26-16-14-12-10-8-6-4-2/h5,7,11,13,17-18,20-21,23-24,27,29,34,36,40-42,44-47,49-50,52-54H,3-4,6,8-10,12,14-16,19,22,25-26,28,30-33,35,37-39H2,1-2H3,(H,48,51)/b7-5-,13-11-,18-17-,21-20-,24-23-,29-27-,36-34+. The van der Waals surface area contributed by atoms with E-state index in [9.17, 15) is 30.3 Å². The fourth-order valence-electron chi connectivity index (χ4n) is 6.21. The average molecular weight is 786 g/mol. The molecule has 1 aliphatic rings. The summed E-state index contributed by atoms with van der Waals surface area (Å²) in [5.74, 6) is -0.225. The van der Waals surface area contributed by atoms with Gasteiger partial charge < -0.3 is 40.3 Å². The number of rotatable bonds is 34. The Labute approximate surface area is 340 Å². The molecular weight excluding hydrogens is 707 g/mol. The van der Waals surface area contributed by atoms with Gasteiger partial charge in [0.15, 0.2) is 6.29 Å². The van der Waals surface area contributed by atoms with Gasteiger partial charge >= 0.3 is 0 Å². The first-order valence-electron chi connectivity index (χ1n) is 21.8. The van der Waals surface area contributed by atoms with Gasteiger partial charge in [-0.1, -0.05) is 157 Å². The number of aliphatic hydroxyl groups is 5. The van der Waals surface area contributed by atoms with Gasteiger partial charge in [0.25, 0.3) is 0 Å². The summed E-state index contributed by atoms with van der Waals surface area (Å²) in [6.07, 6.45) is 43.4. The largest absolute Gasteiger partial charge is 0.394 e. The van der Waals surface area contributed by atoms with Crippen LogP contribution in [0, 0.1) is 0 Å². The molecule has 0 aliphatic carbocycles. The summed E-state index contributed by atoms with van der Waals surface area (Å²) in [5, 5.41) is 54.0. The quantitative estimate of drug-likeness (QED) is 0.0280. The Bertz CT molecular complexity index is 1140. The lowest BCUT2D eigenvalue weighted by Gasteiger charge is -2.40. The highest BCUT2D eigenvalue weighted by Crippen LogP contribution is 2.22. The Hall–Kier alpha value is -2.63. The second-order valence-electron chi connectivity index (χ2n) is 14.8. The van der Waals surface area contributed by atoms with E-state index in [4.69, 9.17) is 9.47 Å². The summed E-state index contributed by atoms with van der Waals surface area (Å²) in [5.41, 5.74) is 0. The molecule has 1 amide bonds. The molecular formula is C47H79NO8. The number of amides is 1. The zero-order chi connectivity index (χ0) is 40.9. The van der Waals surface area contributed by atoms with Crippen molar-refractivity contribution in [1.82, 2.24) is 5.32 Å². The van der Waals surface area contributed by atoms with E-state index in [0.29, 0.717) is 6.42 Å². The van der Waals surface area contributed by atoms with E-state index >= 15 is 0 Å². The van der Waals surface area contributed by atoms with Crippen LogP contribution in [0.25, 0.3) is 0 Å². The number of ether oxygens (including phenoxy) is 2. The van der Waals surface area contributed by atoms with Crippen LogP contribution in [-0.2, 0) is 14.3 Å². The number of hydrogen-bond acceptors (Lipinski definition) is 8. The van der Waals surface area contributed by atoms with Crippen molar-refractivity contribution < 1.29 is 39.8 Å². The fourth-order valence-corrected chi connectivity index (χ4v) is 6.21. The van der Waals surface area contributed by atoms with E-state index in [1.807, 2.05) is 6.08 Å². The molecule has 1 fully saturated rings. The number of carbonyl (C=O) groups excluding carboxylic acids is 1. The number of allylic oxidation sites excluding steroid dienone is 13. The highest BCUT2D eigenvalue weighted by molar-refractivity contribution is 5.76. The molecule has 0 bridgehead atoms. The molecule has 320 valence electrons. The van der Waals surface area contributed by atoms with Crippen molar-refractivity contribution in [2.24, 2.45) is 0 Å².